The number of carbonyl (C=O) groups excluding carboxylic acids is 1. The van der Waals surface area contributed by atoms with E-state index < -0.39 is 17.1 Å². The van der Waals surface area contributed by atoms with Crippen LogP contribution in [0.1, 0.15) is 40.5 Å². The minimum atomic E-state index is -1.83. The molecule has 0 fully saturated rings. The second kappa shape index (κ2) is 3.50. The fourth-order valence-corrected chi connectivity index (χ4v) is 0.708. The largest absolute Gasteiger partial charge is 0.296 e. The summed E-state index contributed by atoms with van der Waals surface area (Å²) in [6.45, 7) is 5.15. The molecule has 0 saturated carbocycles. The van der Waals surface area contributed by atoms with Crippen LogP contribution in [0.4, 0.5) is 8.78 Å². The van der Waals surface area contributed by atoms with Crippen LogP contribution in [0, 0.1) is 0 Å². The first kappa shape index (κ1) is 11.5. The van der Waals surface area contributed by atoms with Crippen molar-refractivity contribution >= 4 is 5.78 Å². The van der Waals surface area contributed by atoms with Crippen LogP contribution < -0.4 is 0 Å². The SMILES string of the molecule is CC(C)(F)CCC(=O)C(C)(C)F. The van der Waals surface area contributed by atoms with E-state index in [1.807, 2.05) is 0 Å². The van der Waals surface area contributed by atoms with Crippen LogP contribution in [0.15, 0.2) is 0 Å². The lowest BCUT2D eigenvalue weighted by Crippen LogP contribution is -2.27. The van der Waals surface area contributed by atoms with Crippen molar-refractivity contribution in [3.8, 4) is 0 Å². The first-order chi connectivity index (χ1) is 5.13. The predicted octanol–water partition coefficient (Wildman–Crippen LogP) is 2.83. The molecule has 0 aliphatic rings. The van der Waals surface area contributed by atoms with Crippen molar-refractivity contribution in [2.24, 2.45) is 0 Å². The van der Waals surface area contributed by atoms with Gasteiger partial charge in [0, 0.05) is 6.42 Å². The van der Waals surface area contributed by atoms with Crippen LogP contribution in [-0.4, -0.2) is 17.1 Å². The third-order valence-electron chi connectivity index (χ3n) is 1.61. The van der Waals surface area contributed by atoms with Crippen molar-refractivity contribution in [1.82, 2.24) is 0 Å². The number of alkyl halides is 2. The molecule has 0 spiro atoms. The van der Waals surface area contributed by atoms with Gasteiger partial charge < -0.3 is 0 Å². The Kier molecular flexibility index (Phi) is 3.36. The Morgan fingerprint density at radius 2 is 1.58 bits per heavy atom. The van der Waals surface area contributed by atoms with Crippen LogP contribution in [-0.2, 0) is 4.79 Å². The number of carbonyl (C=O) groups is 1. The van der Waals surface area contributed by atoms with Crippen LogP contribution in [0.5, 0.6) is 0 Å². The maximum atomic E-state index is 12.9. The molecule has 12 heavy (non-hydrogen) atoms. The van der Waals surface area contributed by atoms with Crippen molar-refractivity contribution in [1.29, 1.82) is 0 Å². The summed E-state index contributed by atoms with van der Waals surface area (Å²) < 4.78 is 25.7. The lowest BCUT2D eigenvalue weighted by Gasteiger charge is -2.16. The van der Waals surface area contributed by atoms with Gasteiger partial charge in [0.05, 0.1) is 0 Å². The summed E-state index contributed by atoms with van der Waals surface area (Å²) in [6.07, 6.45) is 0.0478. The highest BCUT2D eigenvalue weighted by molar-refractivity contribution is 5.86. The first-order valence-electron chi connectivity index (χ1n) is 4.04. The first-order valence-corrected chi connectivity index (χ1v) is 4.04. The molecule has 0 heterocycles. The van der Waals surface area contributed by atoms with E-state index in [4.69, 9.17) is 0 Å². The lowest BCUT2D eigenvalue weighted by molar-refractivity contribution is -0.129. The van der Waals surface area contributed by atoms with Gasteiger partial charge in [-0.2, -0.15) is 0 Å². The monoisotopic (exact) mass is 178 g/mol. The topological polar surface area (TPSA) is 17.1 Å². The summed E-state index contributed by atoms with van der Waals surface area (Å²) in [4.78, 5) is 11.0. The Labute approximate surface area is 72.2 Å². The highest BCUT2D eigenvalue weighted by atomic mass is 19.1. The molecule has 3 heteroatoms. The van der Waals surface area contributed by atoms with Crippen molar-refractivity contribution < 1.29 is 13.6 Å². The van der Waals surface area contributed by atoms with Gasteiger partial charge in [0.15, 0.2) is 11.5 Å². The summed E-state index contributed by atoms with van der Waals surface area (Å²) in [5, 5.41) is 0. The summed E-state index contributed by atoms with van der Waals surface area (Å²) in [5.41, 5.74) is -3.22. The molecule has 0 N–H and O–H groups in total. The van der Waals surface area contributed by atoms with Gasteiger partial charge >= 0.3 is 0 Å². The van der Waals surface area contributed by atoms with Crippen molar-refractivity contribution in [2.75, 3.05) is 0 Å². The van der Waals surface area contributed by atoms with Crippen molar-refractivity contribution in [3.05, 3.63) is 0 Å². The van der Waals surface area contributed by atoms with Gasteiger partial charge in [-0.15, -0.1) is 0 Å². The minimum absolute atomic E-state index is 0.0347. The zero-order chi connectivity index (χ0) is 9.99. The summed E-state index contributed by atoms with van der Waals surface area (Å²) in [5.74, 6) is -0.534. The standard InChI is InChI=1S/C9H16F2O/c1-8(2,10)6-5-7(12)9(3,4)11/h5-6H2,1-4H3. The lowest BCUT2D eigenvalue weighted by atomic mass is 9.96. The second-order valence-electron chi connectivity index (χ2n) is 4.11. The Bertz CT molecular complexity index is 162. The van der Waals surface area contributed by atoms with Gasteiger partial charge in [0.1, 0.15) is 5.67 Å². The zero-order valence-corrected chi connectivity index (χ0v) is 8.08. The summed E-state index contributed by atoms with van der Waals surface area (Å²) in [7, 11) is 0. The van der Waals surface area contributed by atoms with Crippen LogP contribution in [0.25, 0.3) is 0 Å². The third kappa shape index (κ3) is 5.22. The van der Waals surface area contributed by atoms with E-state index in [1.54, 1.807) is 0 Å². The van der Waals surface area contributed by atoms with Crippen molar-refractivity contribution in [3.63, 3.8) is 0 Å². The molecule has 0 saturated heterocycles. The fourth-order valence-electron chi connectivity index (χ4n) is 0.708. The number of hydrogen-bond acceptors (Lipinski definition) is 1. The molecule has 0 bridgehead atoms. The van der Waals surface area contributed by atoms with E-state index in [2.05, 4.69) is 0 Å². The Hall–Kier alpha value is -0.470. The summed E-state index contributed by atoms with van der Waals surface area (Å²) in [6, 6.07) is 0. The molecule has 1 nitrogen and oxygen atoms in total. The molecule has 0 unspecified atom stereocenters. The third-order valence-corrected chi connectivity index (χ3v) is 1.61. The number of rotatable bonds is 4. The molecule has 0 aliphatic heterocycles. The average molecular weight is 178 g/mol. The number of Topliss-reactive ketones (excluding diaryl/α,β-unsaturated/α-hetero) is 1. The quantitative estimate of drug-likeness (QED) is 0.647. The van der Waals surface area contributed by atoms with Gasteiger partial charge in [-0.05, 0) is 34.1 Å². The minimum Gasteiger partial charge on any atom is -0.296 e. The van der Waals surface area contributed by atoms with Gasteiger partial charge in [-0.1, -0.05) is 0 Å². The molecule has 0 aliphatic carbocycles. The maximum absolute atomic E-state index is 12.9. The van der Waals surface area contributed by atoms with E-state index in [0.29, 0.717) is 0 Å². The van der Waals surface area contributed by atoms with E-state index in [0.717, 1.165) is 0 Å². The van der Waals surface area contributed by atoms with Crippen LogP contribution in [0.2, 0.25) is 0 Å². The van der Waals surface area contributed by atoms with Crippen molar-refractivity contribution in [2.45, 2.75) is 51.9 Å². The normalized spacial score (nSPS) is 13.2. The molecule has 72 valence electrons. The molecular formula is C9H16F2O. The van der Waals surface area contributed by atoms with Gasteiger partial charge in [0.25, 0.3) is 0 Å². The fraction of sp³-hybridized carbons (Fsp3) is 0.889. The summed E-state index contributed by atoms with van der Waals surface area (Å²) >= 11 is 0. The number of halogens is 2. The zero-order valence-electron chi connectivity index (χ0n) is 8.08. The average Bonchev–Trinajstić information content (AvgIpc) is 1.78. The molecule has 0 amide bonds. The van der Waals surface area contributed by atoms with E-state index >= 15 is 0 Å². The second-order valence-corrected chi connectivity index (χ2v) is 4.11. The Morgan fingerprint density at radius 1 is 1.17 bits per heavy atom. The number of ketones is 1. The van der Waals surface area contributed by atoms with Gasteiger partial charge in [0.2, 0.25) is 0 Å². The van der Waals surface area contributed by atoms with Crippen LogP contribution in [0.3, 0.4) is 0 Å². The molecule has 0 atom stereocenters. The highest BCUT2D eigenvalue weighted by Crippen LogP contribution is 2.20. The van der Waals surface area contributed by atoms with E-state index in [1.165, 1.54) is 27.7 Å². The maximum Gasteiger partial charge on any atom is 0.169 e. The molecule has 0 radical (unpaired) electrons. The van der Waals surface area contributed by atoms with Crippen LogP contribution >= 0.6 is 0 Å². The smallest absolute Gasteiger partial charge is 0.169 e. The van der Waals surface area contributed by atoms with E-state index in [9.17, 15) is 13.6 Å². The van der Waals surface area contributed by atoms with Gasteiger partial charge in [-0.3, -0.25) is 4.79 Å². The number of hydrogen-bond donors (Lipinski definition) is 0. The molecule has 0 rings (SSSR count). The molecule has 0 aromatic heterocycles. The molecule has 0 aromatic carbocycles. The Balaban J connectivity index is 3.90. The predicted molar refractivity (Wildman–Crippen MR) is 44.6 cm³/mol. The van der Waals surface area contributed by atoms with Gasteiger partial charge in [-0.25, -0.2) is 8.78 Å². The highest BCUT2D eigenvalue weighted by Gasteiger charge is 2.28. The molecule has 0 aromatic rings. The van der Waals surface area contributed by atoms with E-state index in [-0.39, 0.29) is 12.8 Å². The Morgan fingerprint density at radius 3 is 1.83 bits per heavy atom. The molecular weight excluding hydrogens is 162 g/mol.